The van der Waals surface area contributed by atoms with Crippen molar-refractivity contribution in [2.45, 2.75) is 245 Å². The van der Waals surface area contributed by atoms with Gasteiger partial charge >= 0.3 is 5.97 Å². The minimum absolute atomic E-state index is 0.0362. The number of phosphoric ester groups is 1. The number of likely N-dealkylation sites (N-methyl/N-ethyl adjacent to an activating group) is 1. The maximum atomic E-state index is 13.5. The molecule has 0 bridgehead atoms. The molecule has 0 fully saturated rings. The van der Waals surface area contributed by atoms with Crippen molar-refractivity contribution in [3.05, 3.63) is 122 Å². The maximum absolute atomic E-state index is 13.5. The summed E-state index contributed by atoms with van der Waals surface area (Å²) in [5.41, 5.74) is 0. The van der Waals surface area contributed by atoms with Crippen LogP contribution in [0, 0.1) is 0 Å². The number of phosphoric acid groups is 1. The standard InChI is InChI=1S/C66H113N2O7P/c1-7-10-13-16-19-22-25-27-29-31-32-33-34-35-36-37-39-41-44-47-50-53-56-59-66(70)75-64(57-54-51-48-45-42-24-21-18-15-12-9-3)63(62-74-76(71,72)73-61-60-68(4,5)6)67-65(69)58-55-52-49-46-43-40-38-30-28-26-23-20-17-14-11-8-2/h10-11,13-14,19-20,22-23,27-30,32-33,35-36,39,41,54,57,63-64H,7-9,12,15-18,21,24-26,31,34,37-38,40,42-53,55-56,58-62H2,1-6H3,(H-,67,69,71,72)/b13-10-,14-11+,22-19-,23-20+,29-27-,30-28+,33-32-,36-35-,41-39-,57-54-. The smallest absolute Gasteiger partial charge is 0.306 e. The van der Waals surface area contributed by atoms with Gasteiger partial charge in [-0.15, -0.1) is 0 Å². The van der Waals surface area contributed by atoms with Gasteiger partial charge in [0.25, 0.3) is 7.82 Å². The first-order valence-corrected chi connectivity index (χ1v) is 31.8. The number of hydrogen-bond acceptors (Lipinski definition) is 7. The summed E-state index contributed by atoms with van der Waals surface area (Å²) in [7, 11) is 1.14. The first kappa shape index (κ1) is 72.4. The fourth-order valence-corrected chi connectivity index (χ4v) is 8.73. The minimum Gasteiger partial charge on any atom is -0.756 e. The maximum Gasteiger partial charge on any atom is 0.306 e. The van der Waals surface area contributed by atoms with Crippen LogP contribution in [0.15, 0.2) is 122 Å². The third-order valence-electron chi connectivity index (χ3n) is 12.6. The van der Waals surface area contributed by atoms with E-state index in [1.54, 1.807) is 0 Å². The Morgan fingerprint density at radius 1 is 0.474 bits per heavy atom. The van der Waals surface area contributed by atoms with Crippen molar-refractivity contribution in [2.75, 3.05) is 40.9 Å². The van der Waals surface area contributed by atoms with Gasteiger partial charge in [0.2, 0.25) is 5.91 Å². The Labute approximate surface area is 467 Å². The average Bonchev–Trinajstić information content (AvgIpc) is 3.38. The molecule has 0 aliphatic carbocycles. The number of nitrogens with one attached hydrogen (secondary N) is 1. The molecule has 1 N–H and O–H groups in total. The van der Waals surface area contributed by atoms with Crippen LogP contribution in [0.25, 0.3) is 0 Å². The summed E-state index contributed by atoms with van der Waals surface area (Å²) in [6.45, 7) is 6.56. The van der Waals surface area contributed by atoms with E-state index in [-0.39, 0.29) is 31.3 Å². The van der Waals surface area contributed by atoms with Gasteiger partial charge in [-0.2, -0.15) is 0 Å². The zero-order valence-electron chi connectivity index (χ0n) is 49.4. The number of amides is 1. The second kappa shape index (κ2) is 54.8. The van der Waals surface area contributed by atoms with E-state index in [4.69, 9.17) is 13.8 Å². The number of unbranched alkanes of at least 4 members (excludes halogenated alkanes) is 19. The van der Waals surface area contributed by atoms with Crippen LogP contribution in [-0.2, 0) is 27.9 Å². The van der Waals surface area contributed by atoms with Crippen molar-refractivity contribution in [2.24, 2.45) is 0 Å². The normalized spacial score (nSPS) is 14.6. The van der Waals surface area contributed by atoms with Gasteiger partial charge in [-0.1, -0.05) is 226 Å². The number of ether oxygens (including phenoxy) is 1. The molecule has 3 atom stereocenters. The number of quaternary nitrogens is 1. The van der Waals surface area contributed by atoms with Crippen LogP contribution >= 0.6 is 7.82 Å². The number of carbonyl (C=O) groups is 2. The number of allylic oxidation sites excluding steroid dienone is 19. The van der Waals surface area contributed by atoms with Gasteiger partial charge in [0, 0.05) is 12.8 Å². The summed E-state index contributed by atoms with van der Waals surface area (Å²) in [5.74, 6) is -0.595. The SMILES string of the molecule is CC/C=C\C/C=C\C/C=C\C/C=C\C/C=C\C/C=C\CCCCCCC(=O)OC(/C=C\CCCCCCCCCCC)C(COP(=O)([O-])OCC[N+](C)(C)C)NC(=O)CCCCCCCC/C=C/C/C=C/C/C=C/CC. The van der Waals surface area contributed by atoms with Crippen molar-refractivity contribution in [1.82, 2.24) is 5.32 Å². The van der Waals surface area contributed by atoms with E-state index in [0.29, 0.717) is 23.9 Å². The topological polar surface area (TPSA) is 114 Å². The van der Waals surface area contributed by atoms with Gasteiger partial charge in [-0.05, 0) is 115 Å². The second-order valence-electron chi connectivity index (χ2n) is 21.1. The van der Waals surface area contributed by atoms with Crippen LogP contribution in [-0.4, -0.2) is 69.4 Å². The molecule has 0 saturated carbocycles. The van der Waals surface area contributed by atoms with Crippen molar-refractivity contribution in [1.29, 1.82) is 0 Å². The van der Waals surface area contributed by atoms with Crippen LogP contribution in [0.4, 0.5) is 0 Å². The zero-order chi connectivity index (χ0) is 55.7. The van der Waals surface area contributed by atoms with Crippen LogP contribution in [0.1, 0.15) is 233 Å². The molecule has 76 heavy (non-hydrogen) atoms. The Morgan fingerprint density at radius 3 is 1.26 bits per heavy atom. The Kier molecular flexibility index (Phi) is 52.2. The van der Waals surface area contributed by atoms with E-state index >= 15 is 0 Å². The zero-order valence-corrected chi connectivity index (χ0v) is 50.3. The van der Waals surface area contributed by atoms with Gasteiger partial charge in [0.05, 0.1) is 33.8 Å². The van der Waals surface area contributed by atoms with E-state index in [9.17, 15) is 19.0 Å². The molecule has 0 aromatic carbocycles. The van der Waals surface area contributed by atoms with Crippen LogP contribution in [0.5, 0.6) is 0 Å². The monoisotopic (exact) mass is 1080 g/mol. The first-order chi connectivity index (χ1) is 36.9. The molecule has 0 aliphatic rings. The van der Waals surface area contributed by atoms with E-state index in [0.717, 1.165) is 141 Å². The molecule has 0 heterocycles. The van der Waals surface area contributed by atoms with Crippen LogP contribution < -0.4 is 10.2 Å². The van der Waals surface area contributed by atoms with Gasteiger partial charge in [0.1, 0.15) is 19.3 Å². The van der Waals surface area contributed by atoms with Crippen molar-refractivity contribution in [3.8, 4) is 0 Å². The molecule has 0 aliphatic heterocycles. The number of esters is 1. The van der Waals surface area contributed by atoms with Crippen LogP contribution in [0.2, 0.25) is 0 Å². The molecule has 0 aromatic heterocycles. The molecule has 10 heteroatoms. The molecule has 1 amide bonds. The molecule has 0 aromatic rings. The van der Waals surface area contributed by atoms with Crippen molar-refractivity contribution < 1.29 is 37.3 Å². The average molecular weight is 1080 g/mol. The molecule has 3 unspecified atom stereocenters. The third-order valence-corrected chi connectivity index (χ3v) is 13.6. The lowest BCUT2D eigenvalue weighted by Gasteiger charge is -2.30. The predicted molar refractivity (Wildman–Crippen MR) is 325 cm³/mol. The van der Waals surface area contributed by atoms with E-state index < -0.39 is 26.6 Å². The van der Waals surface area contributed by atoms with Gasteiger partial charge in [0.15, 0.2) is 0 Å². The van der Waals surface area contributed by atoms with Crippen molar-refractivity contribution in [3.63, 3.8) is 0 Å². The molecular weight excluding hydrogens is 964 g/mol. The minimum atomic E-state index is -4.71. The summed E-state index contributed by atoms with van der Waals surface area (Å²) < 4.78 is 30.2. The fourth-order valence-electron chi connectivity index (χ4n) is 8.01. The highest BCUT2D eigenvalue weighted by Crippen LogP contribution is 2.38. The molecule has 0 saturated heterocycles. The number of carbonyl (C=O) groups excluding carboxylic acids is 2. The van der Waals surface area contributed by atoms with E-state index in [1.807, 2.05) is 33.3 Å². The fraction of sp³-hybridized carbons (Fsp3) is 0.667. The van der Waals surface area contributed by atoms with Gasteiger partial charge in [-0.25, -0.2) is 0 Å². The molecule has 0 rings (SSSR count). The lowest BCUT2D eigenvalue weighted by molar-refractivity contribution is -0.870. The summed E-state index contributed by atoms with van der Waals surface area (Å²) in [5, 5.41) is 3.01. The summed E-state index contributed by atoms with van der Waals surface area (Å²) in [6, 6.07) is -0.914. The third kappa shape index (κ3) is 55.2. The lowest BCUT2D eigenvalue weighted by atomic mass is 10.1. The molecule has 0 spiro atoms. The molecule has 9 nitrogen and oxygen atoms in total. The van der Waals surface area contributed by atoms with Gasteiger partial charge in [-0.3, -0.25) is 14.2 Å². The highest BCUT2D eigenvalue weighted by molar-refractivity contribution is 7.45. The molecule has 0 radical (unpaired) electrons. The Balaban J connectivity index is 5.30. The summed E-state index contributed by atoms with van der Waals surface area (Å²) in [4.78, 5) is 39.9. The molecular formula is C66H113N2O7P. The van der Waals surface area contributed by atoms with E-state index in [1.165, 1.54) is 44.9 Å². The van der Waals surface area contributed by atoms with Crippen molar-refractivity contribution >= 4 is 19.7 Å². The summed E-state index contributed by atoms with van der Waals surface area (Å²) in [6.07, 6.45) is 75.9. The van der Waals surface area contributed by atoms with E-state index in [2.05, 4.69) is 135 Å². The predicted octanol–water partition coefficient (Wildman–Crippen LogP) is 18.1. The summed E-state index contributed by atoms with van der Waals surface area (Å²) >= 11 is 0. The van der Waals surface area contributed by atoms with Crippen LogP contribution in [0.3, 0.4) is 0 Å². The second-order valence-corrected chi connectivity index (χ2v) is 22.5. The van der Waals surface area contributed by atoms with Gasteiger partial charge < -0.3 is 28.5 Å². The number of nitrogens with zero attached hydrogens (tertiary/aromatic N) is 1. The highest BCUT2D eigenvalue weighted by Gasteiger charge is 2.27. The molecule has 434 valence electrons. The highest BCUT2D eigenvalue weighted by atomic mass is 31.2. The largest absolute Gasteiger partial charge is 0.756 e. The lowest BCUT2D eigenvalue weighted by Crippen LogP contribution is -2.47. The Bertz CT molecular complexity index is 1720. The Morgan fingerprint density at radius 2 is 0.842 bits per heavy atom. The number of hydrogen-bond donors (Lipinski definition) is 1. The number of rotatable bonds is 53. The quantitative estimate of drug-likeness (QED) is 0.0212. The first-order valence-electron chi connectivity index (χ1n) is 30.3. The Hall–Kier alpha value is -3.59.